The van der Waals surface area contributed by atoms with Crippen LogP contribution in [0.4, 0.5) is 0 Å². The highest BCUT2D eigenvalue weighted by Crippen LogP contribution is 2.07. The lowest BCUT2D eigenvalue weighted by molar-refractivity contribution is -0.121. The highest BCUT2D eigenvalue weighted by Gasteiger charge is 2.08. The molecule has 1 amide bonds. The minimum atomic E-state index is 0.149. The Balaban J connectivity index is 3.49. The Morgan fingerprint density at radius 3 is 2.20 bits per heavy atom. The number of hydrogen-bond donors (Lipinski definition) is 2. The van der Waals surface area contributed by atoms with Crippen LogP contribution in [0.5, 0.6) is 0 Å². The van der Waals surface area contributed by atoms with Crippen molar-refractivity contribution >= 4 is 5.91 Å². The van der Waals surface area contributed by atoms with E-state index < -0.39 is 0 Å². The molecule has 1 unspecified atom stereocenters. The fourth-order valence-electron chi connectivity index (χ4n) is 1.07. The summed E-state index contributed by atoms with van der Waals surface area (Å²) in [5, 5.41) is 6.18. The van der Waals surface area contributed by atoms with Crippen molar-refractivity contribution in [3.8, 4) is 0 Å². The van der Waals surface area contributed by atoms with E-state index >= 15 is 0 Å². The van der Waals surface area contributed by atoms with E-state index in [1.165, 1.54) is 0 Å². The summed E-state index contributed by atoms with van der Waals surface area (Å²) in [5.41, 5.74) is 0. The Hall–Kier alpha value is -0.570. The predicted octanol–water partition coefficient (Wildman–Crippen LogP) is 1.78. The number of amides is 1. The van der Waals surface area contributed by atoms with Crippen molar-refractivity contribution in [1.82, 2.24) is 10.6 Å². The molecule has 0 aliphatic carbocycles. The molecule has 0 radical (unpaired) electrons. The summed E-state index contributed by atoms with van der Waals surface area (Å²) in [5.74, 6) is 1.32. The molecule has 0 rings (SSSR count). The normalized spacial score (nSPS) is 13.3. The zero-order chi connectivity index (χ0) is 11.8. The molecule has 0 heterocycles. The van der Waals surface area contributed by atoms with Crippen LogP contribution in [0.3, 0.4) is 0 Å². The standard InChI is InChI=1S/C12H26N2O/c1-9(2)11(5)8-14-12(15)6-7-13-10(3)4/h9-11,13H,6-8H2,1-5H3,(H,14,15). The van der Waals surface area contributed by atoms with Gasteiger partial charge in [0, 0.05) is 25.6 Å². The van der Waals surface area contributed by atoms with Gasteiger partial charge in [-0.15, -0.1) is 0 Å². The summed E-state index contributed by atoms with van der Waals surface area (Å²) in [6, 6.07) is 0.451. The largest absolute Gasteiger partial charge is 0.356 e. The van der Waals surface area contributed by atoms with E-state index in [0.29, 0.717) is 24.3 Å². The second kappa shape index (κ2) is 7.69. The number of carbonyl (C=O) groups excluding carboxylic acids is 1. The minimum absolute atomic E-state index is 0.149. The van der Waals surface area contributed by atoms with Crippen molar-refractivity contribution in [2.24, 2.45) is 11.8 Å². The van der Waals surface area contributed by atoms with E-state index in [1.807, 2.05) is 0 Å². The predicted molar refractivity (Wildman–Crippen MR) is 64.8 cm³/mol. The quantitative estimate of drug-likeness (QED) is 0.678. The second-order valence-electron chi connectivity index (χ2n) is 4.88. The van der Waals surface area contributed by atoms with Crippen LogP contribution in [0.25, 0.3) is 0 Å². The number of carbonyl (C=O) groups is 1. The first-order valence-electron chi connectivity index (χ1n) is 5.93. The lowest BCUT2D eigenvalue weighted by Gasteiger charge is -2.16. The molecule has 0 aliphatic heterocycles. The molecule has 0 saturated carbocycles. The lowest BCUT2D eigenvalue weighted by atomic mass is 9.98. The molecule has 0 aliphatic rings. The van der Waals surface area contributed by atoms with Gasteiger partial charge in [0.05, 0.1) is 0 Å². The SMILES string of the molecule is CC(C)NCCC(=O)NCC(C)C(C)C. The molecular formula is C12H26N2O. The van der Waals surface area contributed by atoms with Crippen LogP contribution in [0.2, 0.25) is 0 Å². The highest BCUT2D eigenvalue weighted by atomic mass is 16.1. The van der Waals surface area contributed by atoms with Gasteiger partial charge < -0.3 is 10.6 Å². The van der Waals surface area contributed by atoms with Gasteiger partial charge in [-0.25, -0.2) is 0 Å². The Bertz CT molecular complexity index is 178. The molecule has 15 heavy (non-hydrogen) atoms. The summed E-state index contributed by atoms with van der Waals surface area (Å²) < 4.78 is 0. The van der Waals surface area contributed by atoms with Crippen LogP contribution >= 0.6 is 0 Å². The van der Waals surface area contributed by atoms with Gasteiger partial charge in [-0.3, -0.25) is 4.79 Å². The molecule has 0 fully saturated rings. The molecule has 2 N–H and O–H groups in total. The van der Waals surface area contributed by atoms with Gasteiger partial charge in [0.25, 0.3) is 0 Å². The Morgan fingerprint density at radius 2 is 1.73 bits per heavy atom. The van der Waals surface area contributed by atoms with Crippen molar-refractivity contribution in [2.45, 2.75) is 47.1 Å². The van der Waals surface area contributed by atoms with Crippen molar-refractivity contribution in [2.75, 3.05) is 13.1 Å². The van der Waals surface area contributed by atoms with Gasteiger partial charge in [0.15, 0.2) is 0 Å². The molecule has 0 spiro atoms. The Kier molecular flexibility index (Phi) is 7.39. The van der Waals surface area contributed by atoms with E-state index in [1.54, 1.807) is 0 Å². The smallest absolute Gasteiger partial charge is 0.221 e. The third-order valence-electron chi connectivity index (χ3n) is 2.66. The maximum absolute atomic E-state index is 11.4. The molecule has 0 aromatic rings. The van der Waals surface area contributed by atoms with Gasteiger partial charge >= 0.3 is 0 Å². The summed E-state index contributed by atoms with van der Waals surface area (Å²) in [7, 11) is 0. The van der Waals surface area contributed by atoms with Crippen molar-refractivity contribution in [3.63, 3.8) is 0 Å². The third-order valence-corrected chi connectivity index (χ3v) is 2.66. The van der Waals surface area contributed by atoms with Crippen LogP contribution in [0, 0.1) is 11.8 Å². The summed E-state index contributed by atoms with van der Waals surface area (Å²) >= 11 is 0. The maximum Gasteiger partial charge on any atom is 0.221 e. The van der Waals surface area contributed by atoms with Gasteiger partial charge in [-0.1, -0.05) is 34.6 Å². The first-order valence-corrected chi connectivity index (χ1v) is 5.93. The van der Waals surface area contributed by atoms with E-state index in [0.717, 1.165) is 13.1 Å². The molecule has 3 nitrogen and oxygen atoms in total. The first-order chi connectivity index (χ1) is 6.93. The fourth-order valence-corrected chi connectivity index (χ4v) is 1.07. The van der Waals surface area contributed by atoms with E-state index in [-0.39, 0.29) is 5.91 Å². The van der Waals surface area contributed by atoms with Crippen LogP contribution in [0.15, 0.2) is 0 Å². The lowest BCUT2D eigenvalue weighted by Crippen LogP contribution is -2.33. The van der Waals surface area contributed by atoms with Gasteiger partial charge in [-0.2, -0.15) is 0 Å². The van der Waals surface area contributed by atoms with Crippen molar-refractivity contribution < 1.29 is 4.79 Å². The van der Waals surface area contributed by atoms with Crippen molar-refractivity contribution in [1.29, 1.82) is 0 Å². The van der Waals surface area contributed by atoms with Crippen molar-refractivity contribution in [3.05, 3.63) is 0 Å². The average molecular weight is 214 g/mol. The van der Waals surface area contributed by atoms with E-state index in [4.69, 9.17) is 0 Å². The van der Waals surface area contributed by atoms with Crippen LogP contribution in [-0.2, 0) is 4.79 Å². The zero-order valence-corrected chi connectivity index (χ0v) is 10.8. The molecule has 3 heteroatoms. The molecule has 90 valence electrons. The van der Waals surface area contributed by atoms with E-state index in [2.05, 4.69) is 45.3 Å². The topological polar surface area (TPSA) is 41.1 Å². The van der Waals surface area contributed by atoms with Crippen LogP contribution < -0.4 is 10.6 Å². The number of hydrogen-bond acceptors (Lipinski definition) is 2. The first kappa shape index (κ1) is 14.4. The second-order valence-corrected chi connectivity index (χ2v) is 4.88. The van der Waals surface area contributed by atoms with Gasteiger partial charge in [0.1, 0.15) is 0 Å². The molecule has 0 saturated heterocycles. The zero-order valence-electron chi connectivity index (χ0n) is 10.8. The highest BCUT2D eigenvalue weighted by molar-refractivity contribution is 5.76. The third kappa shape index (κ3) is 8.43. The summed E-state index contributed by atoms with van der Waals surface area (Å²) in [6.07, 6.45) is 0.572. The molecular weight excluding hydrogens is 188 g/mol. The van der Waals surface area contributed by atoms with Gasteiger partial charge in [0.2, 0.25) is 5.91 Å². The van der Waals surface area contributed by atoms with Crippen LogP contribution in [0.1, 0.15) is 41.0 Å². The fraction of sp³-hybridized carbons (Fsp3) is 0.917. The molecule has 0 aromatic carbocycles. The van der Waals surface area contributed by atoms with Crippen LogP contribution in [-0.4, -0.2) is 25.0 Å². The van der Waals surface area contributed by atoms with E-state index in [9.17, 15) is 4.79 Å². The average Bonchev–Trinajstić information content (AvgIpc) is 2.13. The summed E-state index contributed by atoms with van der Waals surface area (Å²) in [4.78, 5) is 11.4. The van der Waals surface area contributed by atoms with Gasteiger partial charge in [-0.05, 0) is 11.8 Å². The summed E-state index contributed by atoms with van der Waals surface area (Å²) in [6.45, 7) is 12.2. The molecule has 1 atom stereocenters. The molecule has 0 bridgehead atoms. The Morgan fingerprint density at radius 1 is 1.13 bits per heavy atom. The number of rotatable bonds is 7. The number of nitrogens with one attached hydrogen (secondary N) is 2. The monoisotopic (exact) mass is 214 g/mol. The maximum atomic E-state index is 11.4. The minimum Gasteiger partial charge on any atom is -0.356 e. The molecule has 0 aromatic heterocycles. The Labute approximate surface area is 94.0 Å².